The second-order valence-electron chi connectivity index (χ2n) is 7.87. The molecule has 148 valence electrons. The highest BCUT2D eigenvalue weighted by Crippen LogP contribution is 2.36. The van der Waals surface area contributed by atoms with E-state index < -0.39 is 5.41 Å². The summed E-state index contributed by atoms with van der Waals surface area (Å²) in [5, 5.41) is 0. The van der Waals surface area contributed by atoms with Crippen LogP contribution in [0.2, 0.25) is 0 Å². The van der Waals surface area contributed by atoms with Gasteiger partial charge in [-0.3, -0.25) is 4.79 Å². The van der Waals surface area contributed by atoms with Crippen molar-refractivity contribution in [3.8, 4) is 0 Å². The van der Waals surface area contributed by atoms with Crippen molar-refractivity contribution in [1.82, 2.24) is 0 Å². The number of carbonyl (C=O) groups is 1. The Labute approximate surface area is 155 Å². The van der Waals surface area contributed by atoms with Crippen molar-refractivity contribution in [1.29, 1.82) is 0 Å². The van der Waals surface area contributed by atoms with Crippen molar-refractivity contribution in [2.24, 2.45) is 11.3 Å². The zero-order chi connectivity index (χ0) is 18.5. The van der Waals surface area contributed by atoms with Crippen molar-refractivity contribution in [2.75, 3.05) is 26.4 Å². The molecule has 1 rings (SSSR count). The molecule has 0 bridgehead atoms. The summed E-state index contributed by atoms with van der Waals surface area (Å²) in [6, 6.07) is 0. The third kappa shape index (κ3) is 9.60. The summed E-state index contributed by atoms with van der Waals surface area (Å²) in [7, 11) is 0. The minimum atomic E-state index is -0.418. The van der Waals surface area contributed by atoms with E-state index in [2.05, 4.69) is 6.92 Å². The molecule has 1 fully saturated rings. The van der Waals surface area contributed by atoms with Crippen LogP contribution in [-0.2, 0) is 19.0 Å². The van der Waals surface area contributed by atoms with Gasteiger partial charge in [-0.25, -0.2) is 0 Å². The number of epoxide rings is 1. The van der Waals surface area contributed by atoms with Gasteiger partial charge in [0.2, 0.25) is 0 Å². The highest BCUT2D eigenvalue weighted by atomic mass is 16.6. The Balaban J connectivity index is 2.36. The maximum Gasteiger partial charge on any atom is 0.311 e. The number of ether oxygens (including phenoxy) is 3. The molecule has 1 aliphatic rings. The van der Waals surface area contributed by atoms with Crippen LogP contribution in [-0.4, -0.2) is 38.5 Å². The molecule has 1 aliphatic heterocycles. The Morgan fingerprint density at radius 3 is 2.36 bits per heavy atom. The van der Waals surface area contributed by atoms with E-state index in [1.807, 2.05) is 20.8 Å². The average Bonchev–Trinajstić information content (AvgIpc) is 3.40. The maximum atomic E-state index is 12.4. The smallest absolute Gasteiger partial charge is 0.311 e. The number of hydrogen-bond donors (Lipinski definition) is 0. The van der Waals surface area contributed by atoms with Gasteiger partial charge in [-0.2, -0.15) is 0 Å². The highest BCUT2D eigenvalue weighted by molar-refractivity contribution is 5.76. The first kappa shape index (κ1) is 22.4. The Morgan fingerprint density at radius 2 is 1.72 bits per heavy atom. The zero-order valence-corrected chi connectivity index (χ0v) is 17.0. The first-order chi connectivity index (χ1) is 12.0. The van der Waals surface area contributed by atoms with Gasteiger partial charge in [-0.1, -0.05) is 45.4 Å². The Hall–Kier alpha value is -0.610. The maximum absolute atomic E-state index is 12.4. The van der Waals surface area contributed by atoms with Crippen LogP contribution in [0.3, 0.4) is 0 Å². The van der Waals surface area contributed by atoms with Crippen molar-refractivity contribution < 1.29 is 19.0 Å². The molecule has 0 amide bonds. The van der Waals surface area contributed by atoms with E-state index >= 15 is 0 Å². The van der Waals surface area contributed by atoms with Gasteiger partial charge in [0.15, 0.2) is 0 Å². The van der Waals surface area contributed by atoms with Gasteiger partial charge in [-0.15, -0.1) is 0 Å². The number of carbonyl (C=O) groups excluding carboxylic acids is 1. The average molecular weight is 357 g/mol. The molecule has 0 aromatic carbocycles. The van der Waals surface area contributed by atoms with Crippen molar-refractivity contribution in [3.05, 3.63) is 0 Å². The van der Waals surface area contributed by atoms with Crippen LogP contribution >= 0.6 is 0 Å². The third-order valence-electron chi connectivity index (χ3n) is 5.28. The monoisotopic (exact) mass is 356 g/mol. The van der Waals surface area contributed by atoms with Crippen molar-refractivity contribution in [2.45, 2.75) is 91.6 Å². The molecule has 1 saturated heterocycles. The van der Waals surface area contributed by atoms with Crippen LogP contribution in [0.25, 0.3) is 0 Å². The molecule has 0 N–H and O–H groups in total. The fourth-order valence-corrected chi connectivity index (χ4v) is 3.33. The summed E-state index contributed by atoms with van der Waals surface area (Å²) < 4.78 is 16.1. The van der Waals surface area contributed by atoms with E-state index in [1.54, 1.807) is 0 Å². The summed E-state index contributed by atoms with van der Waals surface area (Å²) >= 11 is 0. The molecule has 2 unspecified atom stereocenters. The molecule has 0 spiro atoms. The fraction of sp³-hybridized carbons (Fsp3) is 0.952. The Morgan fingerprint density at radius 1 is 1.08 bits per heavy atom. The summed E-state index contributed by atoms with van der Waals surface area (Å²) in [6.07, 6.45) is 11.2. The molecule has 2 atom stereocenters. The lowest BCUT2D eigenvalue weighted by molar-refractivity contribution is -0.157. The zero-order valence-electron chi connectivity index (χ0n) is 17.0. The van der Waals surface area contributed by atoms with Gasteiger partial charge < -0.3 is 14.2 Å². The first-order valence-electron chi connectivity index (χ1n) is 10.4. The summed E-state index contributed by atoms with van der Waals surface area (Å²) in [4.78, 5) is 12.4. The van der Waals surface area contributed by atoms with E-state index in [1.165, 1.54) is 38.5 Å². The van der Waals surface area contributed by atoms with E-state index in [4.69, 9.17) is 14.2 Å². The molecule has 0 aliphatic carbocycles. The summed E-state index contributed by atoms with van der Waals surface area (Å²) in [5.74, 6) is 0.303. The van der Waals surface area contributed by atoms with E-state index in [0.717, 1.165) is 32.5 Å². The minimum Gasteiger partial charge on any atom is -0.466 e. The SMILES string of the molecule is CCCCCCCCC(CCCOCC1CO1)C(C)(C)C(=O)OCC. The van der Waals surface area contributed by atoms with Crippen LogP contribution in [0.5, 0.6) is 0 Å². The predicted molar refractivity (Wildman–Crippen MR) is 102 cm³/mol. The van der Waals surface area contributed by atoms with Crippen LogP contribution in [0, 0.1) is 11.3 Å². The highest BCUT2D eigenvalue weighted by Gasteiger charge is 2.37. The van der Waals surface area contributed by atoms with Crippen LogP contribution in [0.1, 0.15) is 85.5 Å². The third-order valence-corrected chi connectivity index (χ3v) is 5.28. The van der Waals surface area contributed by atoms with E-state index in [0.29, 0.717) is 25.2 Å². The largest absolute Gasteiger partial charge is 0.466 e. The molecule has 4 nitrogen and oxygen atoms in total. The van der Waals surface area contributed by atoms with Gasteiger partial charge in [0, 0.05) is 6.61 Å². The van der Waals surface area contributed by atoms with E-state index in [-0.39, 0.29) is 5.97 Å². The van der Waals surface area contributed by atoms with Gasteiger partial charge in [0.1, 0.15) is 6.10 Å². The van der Waals surface area contributed by atoms with Crippen molar-refractivity contribution >= 4 is 5.97 Å². The topological polar surface area (TPSA) is 48.1 Å². The summed E-state index contributed by atoms with van der Waals surface area (Å²) in [6.45, 7) is 11.0. The van der Waals surface area contributed by atoms with E-state index in [9.17, 15) is 4.79 Å². The van der Waals surface area contributed by atoms with Gasteiger partial charge in [0.05, 0.1) is 25.2 Å². The second-order valence-corrected chi connectivity index (χ2v) is 7.87. The second kappa shape index (κ2) is 12.7. The number of hydrogen-bond acceptors (Lipinski definition) is 4. The molecular weight excluding hydrogens is 316 g/mol. The quantitative estimate of drug-likeness (QED) is 0.218. The normalized spacial score (nSPS) is 18.2. The molecule has 0 saturated carbocycles. The van der Waals surface area contributed by atoms with Crippen LogP contribution < -0.4 is 0 Å². The van der Waals surface area contributed by atoms with Crippen LogP contribution in [0.4, 0.5) is 0 Å². The number of unbranched alkanes of at least 4 members (excludes halogenated alkanes) is 5. The standard InChI is InChI=1S/C21H40O4/c1-5-7-8-9-10-11-13-18(21(3,4)20(22)24-6-2)14-12-15-23-16-19-17-25-19/h18-19H,5-17H2,1-4H3. The first-order valence-corrected chi connectivity index (χ1v) is 10.4. The fourth-order valence-electron chi connectivity index (χ4n) is 3.33. The minimum absolute atomic E-state index is 0.0571. The number of esters is 1. The molecule has 0 aromatic rings. The van der Waals surface area contributed by atoms with Crippen LogP contribution in [0.15, 0.2) is 0 Å². The lowest BCUT2D eigenvalue weighted by Gasteiger charge is -2.32. The molecule has 0 aromatic heterocycles. The van der Waals surface area contributed by atoms with Gasteiger partial charge in [0.25, 0.3) is 0 Å². The Kier molecular flexibility index (Phi) is 11.4. The molecule has 1 heterocycles. The Bertz CT molecular complexity index is 350. The molecule has 0 radical (unpaired) electrons. The van der Waals surface area contributed by atoms with Gasteiger partial charge >= 0.3 is 5.97 Å². The van der Waals surface area contributed by atoms with Gasteiger partial charge in [-0.05, 0) is 46.0 Å². The molecule has 25 heavy (non-hydrogen) atoms. The predicted octanol–water partition coefficient (Wildman–Crippen LogP) is 5.14. The summed E-state index contributed by atoms with van der Waals surface area (Å²) in [5.41, 5.74) is -0.418. The molecule has 4 heteroatoms. The van der Waals surface area contributed by atoms with Crippen molar-refractivity contribution in [3.63, 3.8) is 0 Å². The lowest BCUT2D eigenvalue weighted by Crippen LogP contribution is -2.35. The number of rotatable bonds is 16. The lowest BCUT2D eigenvalue weighted by atomic mass is 9.73. The molecular formula is C21H40O4.